The summed E-state index contributed by atoms with van der Waals surface area (Å²) in [4.78, 5) is 36.9. The molecule has 0 aliphatic heterocycles. The van der Waals surface area contributed by atoms with Crippen LogP contribution in [-0.2, 0) is 35.7 Å². The van der Waals surface area contributed by atoms with Crippen LogP contribution in [0, 0.1) is 11.8 Å². The number of para-hydroxylation sites is 2. The van der Waals surface area contributed by atoms with Crippen molar-refractivity contribution < 1.29 is 19.1 Å². The molecule has 0 aliphatic carbocycles. The van der Waals surface area contributed by atoms with E-state index in [9.17, 15) is 9.59 Å². The second-order valence-corrected chi connectivity index (χ2v) is 18.5. The van der Waals surface area contributed by atoms with Crippen molar-refractivity contribution in [1.29, 1.82) is 0 Å². The van der Waals surface area contributed by atoms with Crippen molar-refractivity contribution in [2.45, 2.75) is 67.7 Å². The van der Waals surface area contributed by atoms with Gasteiger partial charge >= 0.3 is 11.5 Å². The van der Waals surface area contributed by atoms with E-state index in [4.69, 9.17) is 32.0 Å². The van der Waals surface area contributed by atoms with Crippen LogP contribution < -0.4 is 31.5 Å². The minimum absolute atomic E-state index is 0. The Morgan fingerprint density at radius 1 is 0.514 bits per heavy atom. The summed E-state index contributed by atoms with van der Waals surface area (Å²) in [7, 11) is 0. The molecule has 74 heavy (non-hydrogen) atoms. The number of nitrogens with one attached hydrogen (secondary N) is 3. The lowest BCUT2D eigenvalue weighted by Crippen LogP contribution is -2.26. The second-order valence-electron chi connectivity index (χ2n) is 18.2. The molecule has 2 heterocycles. The van der Waals surface area contributed by atoms with Crippen LogP contribution in [0.5, 0.6) is 0 Å². The molecule has 0 saturated heterocycles. The summed E-state index contributed by atoms with van der Waals surface area (Å²) in [6.45, 7) is 17.2. The normalized spacial score (nSPS) is 10.6. The third-order valence-electron chi connectivity index (χ3n) is 11.4. The Bertz CT molecular complexity index is 2870. The van der Waals surface area contributed by atoms with Crippen LogP contribution in [0.25, 0.3) is 21.8 Å². The number of aromatic nitrogens is 2. The summed E-state index contributed by atoms with van der Waals surface area (Å²) < 4.78 is 9.45. The van der Waals surface area contributed by atoms with Crippen LogP contribution in [0.15, 0.2) is 170 Å². The number of fused-ring (bicyclic) bond motifs is 2. The monoisotopic (exact) mass is 1040 g/mol. The number of anilines is 6. The van der Waals surface area contributed by atoms with Gasteiger partial charge < -0.3 is 35.6 Å². The van der Waals surface area contributed by atoms with E-state index in [1.54, 1.807) is 13.8 Å². The fourth-order valence-corrected chi connectivity index (χ4v) is 8.11. The summed E-state index contributed by atoms with van der Waals surface area (Å²) >= 11 is 4.72. The highest BCUT2D eigenvalue weighted by Gasteiger charge is 2.24. The van der Waals surface area contributed by atoms with Crippen LogP contribution in [0.3, 0.4) is 0 Å². The number of nitrogens with zero attached hydrogens (tertiary/aromatic N) is 4. The average Bonchev–Trinajstić information content (AvgIpc) is 3.39. The number of halogens is 2. The molecule has 2 aromatic heterocycles. The lowest BCUT2D eigenvalue weighted by molar-refractivity contribution is 0.168. The Balaban J connectivity index is 0.000000246. The van der Waals surface area contributed by atoms with Crippen molar-refractivity contribution >= 4 is 91.7 Å². The smallest absolute Gasteiger partial charge is 0.411 e. The van der Waals surface area contributed by atoms with Gasteiger partial charge in [0, 0.05) is 61.6 Å². The van der Waals surface area contributed by atoms with Gasteiger partial charge in [0.25, 0.3) is 0 Å². The van der Waals surface area contributed by atoms with E-state index in [1.807, 2.05) is 84.9 Å². The predicted molar refractivity (Wildman–Crippen MR) is 311 cm³/mol. The first-order chi connectivity index (χ1) is 35.4. The van der Waals surface area contributed by atoms with Crippen molar-refractivity contribution in [3.8, 4) is 0 Å². The van der Waals surface area contributed by atoms with Crippen LogP contribution in [-0.4, -0.2) is 47.8 Å². The predicted octanol–water partition coefficient (Wildman–Crippen LogP) is 15.0. The largest absolute Gasteiger partial charge is 0.454 e. The Kier molecular flexibility index (Phi) is 23.1. The molecule has 388 valence electrons. The van der Waals surface area contributed by atoms with Crippen LogP contribution in [0.1, 0.15) is 63.8 Å². The van der Waals surface area contributed by atoms with E-state index >= 15 is 0 Å². The number of hydrogen-bond donors (Lipinski definition) is 4. The number of hydrogen-bond acceptors (Lipinski definition) is 11. The average molecular weight is 1040 g/mol. The lowest BCUT2D eigenvalue weighted by Gasteiger charge is -2.29. The lowest BCUT2D eigenvalue weighted by atomic mass is 10.1. The van der Waals surface area contributed by atoms with Crippen molar-refractivity contribution in [2.75, 3.05) is 57.8 Å². The molecule has 0 fully saturated rings. The zero-order valence-electron chi connectivity index (χ0n) is 43.3. The maximum Gasteiger partial charge on any atom is 0.411 e. The molecule has 8 rings (SSSR count). The van der Waals surface area contributed by atoms with Crippen LogP contribution in [0.2, 0.25) is 0 Å². The van der Waals surface area contributed by atoms with Gasteiger partial charge in [0.1, 0.15) is 5.69 Å². The standard InChI is InChI=1S/C30H34N4O2.C27H30N4.C3H5ClO2.ClH/c1-4-36-30(35)33-28-27(31-19-22(2)3)25-17-11-12-18-26(25)32-29(28)34(20-23-13-7-5-8-14-23)21-24-15-9-6-10-16-24;1-20(2)17-29-26-23-15-9-10-16-24(23)30-27(25(26)28)31(18-21-11-5-3-6-12-21)19-22-13-7-4-8-14-22;1-2-6-3(4)5;/h5-18,22H,4,19-21H2,1-3H3,(H,31,32)(H,33,35);3-16,20H,17-19,28H2,1-2H3,(H,29,30);2H2,1H3;1H. The minimum Gasteiger partial charge on any atom is -0.454 e. The summed E-state index contributed by atoms with van der Waals surface area (Å²) in [6.07, 6.45) is -0.497. The maximum atomic E-state index is 12.7. The molecule has 0 unspecified atom stereocenters. The van der Waals surface area contributed by atoms with E-state index in [0.717, 1.165) is 76.3 Å². The van der Waals surface area contributed by atoms with Gasteiger partial charge in [-0.05, 0) is 60.1 Å². The highest BCUT2D eigenvalue weighted by Crippen LogP contribution is 2.40. The van der Waals surface area contributed by atoms with Crippen molar-refractivity contribution in [2.24, 2.45) is 11.8 Å². The number of amides is 1. The number of carbonyl (C=O) groups excluding carboxylic acids is 2. The van der Waals surface area contributed by atoms with E-state index < -0.39 is 11.5 Å². The molecule has 1 amide bonds. The van der Waals surface area contributed by atoms with Crippen molar-refractivity contribution in [3.63, 3.8) is 0 Å². The van der Waals surface area contributed by atoms with Crippen molar-refractivity contribution in [3.05, 3.63) is 192 Å². The van der Waals surface area contributed by atoms with Gasteiger partial charge in [0.2, 0.25) is 0 Å². The van der Waals surface area contributed by atoms with Gasteiger partial charge in [-0.15, -0.1) is 12.4 Å². The van der Waals surface area contributed by atoms with Crippen LogP contribution in [0.4, 0.5) is 44.0 Å². The number of pyridine rings is 2. The number of benzene rings is 6. The molecule has 0 aliphatic rings. The van der Waals surface area contributed by atoms with Gasteiger partial charge in [-0.1, -0.05) is 185 Å². The second kappa shape index (κ2) is 29.8. The molecule has 0 spiro atoms. The van der Waals surface area contributed by atoms with E-state index in [1.165, 1.54) is 11.1 Å². The first kappa shape index (κ1) is 57.4. The molecule has 0 radical (unpaired) electrons. The van der Waals surface area contributed by atoms with Gasteiger partial charge in [0.15, 0.2) is 11.6 Å². The molecule has 0 saturated carbocycles. The molecule has 0 bridgehead atoms. The molecular formula is C60H70Cl2N8O4. The quantitative estimate of drug-likeness (QED) is 0.0574. The van der Waals surface area contributed by atoms with Gasteiger partial charge in [0.05, 0.1) is 41.3 Å². The summed E-state index contributed by atoms with van der Waals surface area (Å²) in [5, 5.41) is 12.2. The first-order valence-electron chi connectivity index (χ1n) is 24.9. The fourth-order valence-electron chi connectivity index (χ4n) is 8.00. The Morgan fingerprint density at radius 3 is 1.24 bits per heavy atom. The number of rotatable bonds is 19. The summed E-state index contributed by atoms with van der Waals surface area (Å²) in [6, 6.07) is 57.8. The first-order valence-corrected chi connectivity index (χ1v) is 25.3. The highest BCUT2D eigenvalue weighted by atomic mass is 35.5. The zero-order chi connectivity index (χ0) is 52.0. The third kappa shape index (κ3) is 17.3. The van der Waals surface area contributed by atoms with Crippen molar-refractivity contribution in [1.82, 2.24) is 9.97 Å². The maximum absolute atomic E-state index is 12.7. The molecule has 8 aromatic rings. The zero-order valence-corrected chi connectivity index (χ0v) is 44.8. The molecule has 0 atom stereocenters. The molecule has 14 heteroatoms. The number of nitrogens with two attached hydrogens (primary N) is 1. The van der Waals surface area contributed by atoms with E-state index in [-0.39, 0.29) is 19.0 Å². The highest BCUT2D eigenvalue weighted by molar-refractivity contribution is 6.61. The summed E-state index contributed by atoms with van der Waals surface area (Å²) in [5.74, 6) is 2.44. The van der Waals surface area contributed by atoms with Crippen LogP contribution >= 0.6 is 24.0 Å². The van der Waals surface area contributed by atoms with Gasteiger partial charge in [-0.25, -0.2) is 19.6 Å². The Labute approximate surface area is 448 Å². The molecular weight excluding hydrogens is 968 g/mol. The molecule has 5 N–H and O–H groups in total. The van der Waals surface area contributed by atoms with Gasteiger partial charge in [-0.3, -0.25) is 5.32 Å². The van der Waals surface area contributed by atoms with E-state index in [2.05, 4.69) is 143 Å². The van der Waals surface area contributed by atoms with E-state index in [0.29, 0.717) is 48.7 Å². The Morgan fingerprint density at radius 2 is 0.865 bits per heavy atom. The van der Waals surface area contributed by atoms with Gasteiger partial charge in [-0.2, -0.15) is 0 Å². The third-order valence-corrected chi connectivity index (χ3v) is 11.5. The number of ether oxygens (including phenoxy) is 2. The Hall–Kier alpha value is -7.54. The fraction of sp³-hybridized carbons (Fsp3) is 0.267. The summed E-state index contributed by atoms with van der Waals surface area (Å²) in [5.41, 5.74) is 15.8. The number of nitrogen functional groups attached to an aromatic ring is 1. The topological polar surface area (TPSA) is 147 Å². The molecule has 12 nitrogen and oxygen atoms in total. The SMILES string of the molecule is CC(C)CNc1c(N)c(N(Cc2ccccc2)Cc2ccccc2)nc2ccccc12.CCOC(=O)Cl.CCOC(=O)Nc1c(N(Cc2ccccc2)Cc2ccccc2)nc2ccccc2c1NCC(C)C.Cl. The number of carbonyl (C=O) groups is 2. The minimum atomic E-state index is -0.738. The molecule has 6 aromatic carbocycles.